The number of hydrogen-bond donors (Lipinski definition) is 1. The van der Waals surface area contributed by atoms with Crippen LogP contribution in [0.2, 0.25) is 5.02 Å². The zero-order valence-corrected chi connectivity index (χ0v) is 19.4. The molecule has 34 heavy (non-hydrogen) atoms. The number of pyridine rings is 1. The van der Waals surface area contributed by atoms with Crippen LogP contribution in [0.4, 0.5) is 8.78 Å². The van der Waals surface area contributed by atoms with Crippen molar-refractivity contribution in [1.29, 1.82) is 0 Å². The molecule has 0 aliphatic heterocycles. The van der Waals surface area contributed by atoms with Gasteiger partial charge in [0.25, 0.3) is 5.91 Å². The minimum Gasteiger partial charge on any atom is -0.492 e. The lowest BCUT2D eigenvalue weighted by Gasteiger charge is -2.32. The molecule has 6 nitrogen and oxygen atoms in total. The van der Waals surface area contributed by atoms with E-state index >= 15 is 0 Å². The van der Waals surface area contributed by atoms with Crippen molar-refractivity contribution in [3.05, 3.63) is 93.8 Å². The molecule has 0 aliphatic rings. The Balaban J connectivity index is 2.08. The summed E-state index contributed by atoms with van der Waals surface area (Å²) in [5.74, 6) is -3.09. The van der Waals surface area contributed by atoms with E-state index in [0.29, 0.717) is 41.0 Å². The second-order valence-corrected chi connectivity index (χ2v) is 7.84. The van der Waals surface area contributed by atoms with Crippen LogP contribution < -0.4 is 4.74 Å². The molecule has 0 radical (unpaired) electrons. The van der Waals surface area contributed by atoms with Crippen molar-refractivity contribution in [2.24, 2.45) is 0 Å². The summed E-state index contributed by atoms with van der Waals surface area (Å²) in [4.78, 5) is 30.0. The van der Waals surface area contributed by atoms with Gasteiger partial charge < -0.3 is 14.7 Å². The maximum absolute atomic E-state index is 13.9. The third-order valence-corrected chi connectivity index (χ3v) is 5.59. The Bertz CT molecular complexity index is 1170. The van der Waals surface area contributed by atoms with E-state index in [9.17, 15) is 18.4 Å². The Hall–Kier alpha value is -3.52. The number of ether oxygens (including phenoxy) is 1. The van der Waals surface area contributed by atoms with Crippen molar-refractivity contribution in [3.8, 4) is 5.75 Å². The lowest BCUT2D eigenvalue weighted by molar-refractivity contribution is 0.0647. The smallest absolute Gasteiger partial charge is 0.354 e. The van der Waals surface area contributed by atoms with Gasteiger partial charge in [0.05, 0.1) is 17.7 Å². The van der Waals surface area contributed by atoms with Gasteiger partial charge in [0.1, 0.15) is 23.1 Å². The maximum Gasteiger partial charge on any atom is 0.354 e. The third-order valence-electron chi connectivity index (χ3n) is 5.18. The van der Waals surface area contributed by atoms with E-state index in [1.807, 2.05) is 13.8 Å². The Morgan fingerprint density at radius 3 is 2.38 bits per heavy atom. The molecule has 1 heterocycles. The molecule has 3 rings (SSSR count). The summed E-state index contributed by atoms with van der Waals surface area (Å²) < 4.78 is 33.4. The lowest BCUT2D eigenvalue weighted by Crippen LogP contribution is -2.34. The average molecular weight is 489 g/mol. The molecule has 178 valence electrons. The molecule has 1 aromatic heterocycles. The van der Waals surface area contributed by atoms with E-state index in [1.54, 1.807) is 18.2 Å². The largest absolute Gasteiger partial charge is 0.492 e. The number of amides is 1. The van der Waals surface area contributed by atoms with Crippen LogP contribution in [0.1, 0.15) is 58.3 Å². The molecule has 2 aromatic carbocycles. The van der Waals surface area contributed by atoms with E-state index in [1.165, 1.54) is 23.2 Å². The van der Waals surface area contributed by atoms with Gasteiger partial charge in [0, 0.05) is 24.4 Å². The second kappa shape index (κ2) is 11.1. The van der Waals surface area contributed by atoms with Gasteiger partial charge >= 0.3 is 5.97 Å². The van der Waals surface area contributed by atoms with E-state index in [-0.39, 0.29) is 17.8 Å². The zero-order valence-electron chi connectivity index (χ0n) is 18.6. The number of hydrogen-bond acceptors (Lipinski definition) is 4. The van der Waals surface area contributed by atoms with Crippen LogP contribution in [-0.2, 0) is 6.54 Å². The molecule has 0 unspecified atom stereocenters. The fourth-order valence-electron chi connectivity index (χ4n) is 3.67. The highest BCUT2D eigenvalue weighted by atomic mass is 35.5. The van der Waals surface area contributed by atoms with Gasteiger partial charge in [-0.3, -0.25) is 4.79 Å². The van der Waals surface area contributed by atoms with Crippen molar-refractivity contribution in [1.82, 2.24) is 9.88 Å². The summed E-state index contributed by atoms with van der Waals surface area (Å²) in [6.45, 7) is 4.07. The van der Waals surface area contributed by atoms with Gasteiger partial charge in [-0.2, -0.15) is 0 Å². The normalized spacial score (nSPS) is 11.7. The molecule has 1 N–H and O–H groups in total. The molecule has 3 aromatic rings. The Morgan fingerprint density at radius 1 is 1.12 bits per heavy atom. The number of aromatic carboxylic acids is 1. The fourth-order valence-corrected chi connectivity index (χ4v) is 3.97. The first kappa shape index (κ1) is 25.1. The van der Waals surface area contributed by atoms with Gasteiger partial charge in [-0.25, -0.2) is 18.6 Å². The molecule has 0 aliphatic carbocycles. The van der Waals surface area contributed by atoms with Crippen molar-refractivity contribution in [2.75, 3.05) is 6.61 Å². The molecule has 9 heteroatoms. The number of carbonyl (C=O) groups excluding carboxylic acids is 1. The molecule has 0 saturated heterocycles. The highest BCUT2D eigenvalue weighted by Crippen LogP contribution is 2.37. The summed E-state index contributed by atoms with van der Waals surface area (Å²) in [7, 11) is 0. The summed E-state index contributed by atoms with van der Waals surface area (Å²) in [6.07, 6.45) is 1.78. The first-order chi connectivity index (χ1) is 16.2. The van der Waals surface area contributed by atoms with Gasteiger partial charge in [-0.15, -0.1) is 0 Å². The number of carboxylic acids is 1. The van der Waals surface area contributed by atoms with E-state index in [2.05, 4.69) is 4.98 Å². The van der Waals surface area contributed by atoms with Gasteiger partial charge in [0.15, 0.2) is 0 Å². The van der Waals surface area contributed by atoms with E-state index < -0.39 is 29.6 Å². The van der Waals surface area contributed by atoms with Crippen LogP contribution in [0.15, 0.2) is 54.7 Å². The van der Waals surface area contributed by atoms with Crippen molar-refractivity contribution in [2.45, 2.75) is 32.9 Å². The fraction of sp³-hybridized carbons (Fsp3) is 0.240. The number of benzene rings is 2. The molecule has 0 bridgehead atoms. The van der Waals surface area contributed by atoms with Crippen LogP contribution in [0.3, 0.4) is 0 Å². The molecule has 0 spiro atoms. The first-order valence-electron chi connectivity index (χ1n) is 10.6. The monoisotopic (exact) mass is 488 g/mol. The summed E-state index contributed by atoms with van der Waals surface area (Å²) in [5, 5.41) is 9.43. The molecule has 1 amide bonds. The van der Waals surface area contributed by atoms with Crippen LogP contribution in [0.5, 0.6) is 5.75 Å². The van der Waals surface area contributed by atoms with Gasteiger partial charge in [0.2, 0.25) is 0 Å². The minimum absolute atomic E-state index is 0.00242. The van der Waals surface area contributed by atoms with Crippen LogP contribution >= 0.6 is 11.6 Å². The van der Waals surface area contributed by atoms with Gasteiger partial charge in [-0.1, -0.05) is 36.7 Å². The third kappa shape index (κ3) is 5.69. The van der Waals surface area contributed by atoms with Crippen LogP contribution in [0, 0.1) is 11.6 Å². The molecule has 0 fully saturated rings. The number of nitrogens with zero attached hydrogens (tertiary/aromatic N) is 2. The number of carboxylic acid groups (broad SMARTS) is 1. The highest BCUT2D eigenvalue weighted by Gasteiger charge is 2.28. The second-order valence-electron chi connectivity index (χ2n) is 7.46. The van der Waals surface area contributed by atoms with E-state index in [0.717, 1.165) is 12.1 Å². The number of halogens is 3. The SMILES string of the molecule is CCOc1cccc([C@@H](CC)N(Cc2ccc(C(=O)O)nc2)C(=O)c2cc(F)cc(F)c2)c1Cl. The molecular weight excluding hydrogens is 466 g/mol. The topological polar surface area (TPSA) is 79.7 Å². The van der Waals surface area contributed by atoms with Crippen LogP contribution in [0.25, 0.3) is 0 Å². The summed E-state index contributed by atoms with van der Waals surface area (Å²) >= 11 is 6.60. The average Bonchev–Trinajstić information content (AvgIpc) is 2.80. The van der Waals surface area contributed by atoms with Crippen molar-refractivity contribution >= 4 is 23.5 Å². The Labute approximate surface area is 200 Å². The predicted octanol–water partition coefficient (Wildman–Crippen LogP) is 5.90. The zero-order chi connectivity index (χ0) is 24.8. The predicted molar refractivity (Wildman–Crippen MR) is 123 cm³/mol. The minimum atomic E-state index is -1.18. The highest BCUT2D eigenvalue weighted by molar-refractivity contribution is 6.32. The Kier molecular flexibility index (Phi) is 8.17. The summed E-state index contributed by atoms with van der Waals surface area (Å²) in [6, 6.07) is 10.1. The standard InChI is InChI=1S/C25H23ClF2N2O4/c1-3-21(19-6-5-7-22(23(19)26)34-4-2)30(14-15-8-9-20(25(32)33)29-13-15)24(31)16-10-17(27)12-18(28)11-16/h5-13,21H,3-4,14H2,1-2H3,(H,32,33)/t21-/m1/s1. The van der Waals surface area contributed by atoms with E-state index in [4.69, 9.17) is 21.4 Å². The lowest BCUT2D eigenvalue weighted by atomic mass is 10.00. The number of rotatable bonds is 9. The molecule has 1 atom stereocenters. The number of carbonyl (C=O) groups is 2. The van der Waals surface area contributed by atoms with Gasteiger partial charge in [-0.05, 0) is 48.7 Å². The quantitative estimate of drug-likeness (QED) is 0.405. The number of aromatic nitrogens is 1. The van der Waals surface area contributed by atoms with Crippen LogP contribution in [-0.4, -0.2) is 33.5 Å². The summed E-state index contributed by atoms with van der Waals surface area (Å²) in [5.41, 5.74) is 0.831. The maximum atomic E-state index is 13.9. The van der Waals surface area contributed by atoms with Crippen molar-refractivity contribution in [3.63, 3.8) is 0 Å². The molecular formula is C25H23ClF2N2O4. The first-order valence-corrected chi connectivity index (χ1v) is 11.0. The molecule has 0 saturated carbocycles. The van der Waals surface area contributed by atoms with Crippen molar-refractivity contribution < 1.29 is 28.2 Å². The Morgan fingerprint density at radius 2 is 1.82 bits per heavy atom.